The minimum absolute atomic E-state index is 0.455. The lowest BCUT2D eigenvalue weighted by Crippen LogP contribution is -2.42. The third-order valence-electron chi connectivity index (χ3n) is 3.02. The molecule has 1 rings (SSSR count). The monoisotopic (exact) mass is 411 g/mol. The number of amides is 3. The van der Waals surface area contributed by atoms with Crippen LogP contribution in [0.1, 0.15) is 18.9 Å². The van der Waals surface area contributed by atoms with Crippen LogP contribution in [0.15, 0.2) is 29.2 Å². The molecule has 0 fully saturated rings. The highest BCUT2D eigenvalue weighted by Gasteiger charge is 2.31. The number of nitrogens with two attached hydrogens (primary N) is 1. The lowest BCUT2D eigenvalue weighted by Gasteiger charge is -2.12. The number of esters is 1. The van der Waals surface area contributed by atoms with Crippen LogP contribution in [-0.4, -0.2) is 39.0 Å². The zero-order chi connectivity index (χ0) is 20.8. The second-order valence-corrected chi connectivity index (χ2v) is 6.93. The molecule has 0 aliphatic rings. The molecule has 1 unspecified atom stereocenters. The highest BCUT2D eigenvalue weighted by molar-refractivity contribution is 7.89. The molecule has 1 atom stereocenters. The molecule has 0 aromatic heterocycles. The summed E-state index contributed by atoms with van der Waals surface area (Å²) in [6, 6.07) is 1.93. The van der Waals surface area contributed by atoms with Crippen molar-refractivity contribution in [2.75, 3.05) is 6.54 Å². The van der Waals surface area contributed by atoms with Crippen LogP contribution in [0.25, 0.3) is 0 Å². The molecule has 0 spiro atoms. The van der Waals surface area contributed by atoms with E-state index in [0.717, 1.165) is 25.1 Å². The Morgan fingerprint density at radius 3 is 2.44 bits per heavy atom. The zero-order valence-corrected chi connectivity index (χ0v) is 14.7. The molecule has 0 bridgehead atoms. The van der Waals surface area contributed by atoms with Gasteiger partial charge in [-0.25, -0.2) is 17.9 Å². The van der Waals surface area contributed by atoms with Crippen molar-refractivity contribution in [3.8, 4) is 0 Å². The van der Waals surface area contributed by atoms with E-state index in [9.17, 15) is 36.0 Å². The predicted octanol–water partition coefficient (Wildman–Crippen LogP) is 0.500. The van der Waals surface area contributed by atoms with Gasteiger partial charge in [-0.1, -0.05) is 6.07 Å². The van der Waals surface area contributed by atoms with Gasteiger partial charge in [-0.05, 0) is 25.1 Å². The number of hydrogen-bond donors (Lipinski definition) is 3. The van der Waals surface area contributed by atoms with Gasteiger partial charge >= 0.3 is 18.2 Å². The van der Waals surface area contributed by atoms with Crippen molar-refractivity contribution in [3.05, 3.63) is 29.8 Å². The fourth-order valence-electron chi connectivity index (χ4n) is 1.74. The first-order chi connectivity index (χ1) is 12.3. The fraction of sp³-hybridized carbons (Fsp3) is 0.357. The fourth-order valence-corrected chi connectivity index (χ4v) is 2.82. The molecular weight excluding hydrogens is 395 g/mol. The summed E-state index contributed by atoms with van der Waals surface area (Å²) in [7, 11) is -4.30. The molecule has 0 heterocycles. The van der Waals surface area contributed by atoms with Crippen molar-refractivity contribution < 1.29 is 40.7 Å². The number of carbonyl (C=O) groups excluding carboxylic acids is 3. The molecule has 0 saturated heterocycles. The Bertz CT molecular complexity index is 826. The molecule has 0 radical (unpaired) electrons. The predicted molar refractivity (Wildman–Crippen MR) is 84.5 cm³/mol. The number of hydrogen-bond acceptors (Lipinski definition) is 6. The highest BCUT2D eigenvalue weighted by atomic mass is 32.2. The summed E-state index contributed by atoms with van der Waals surface area (Å²) in [5.74, 6) is -1.95. The Morgan fingerprint density at radius 2 is 1.89 bits per heavy atom. The Labute approximate surface area is 152 Å². The number of imide groups is 1. The Morgan fingerprint density at radius 1 is 1.26 bits per heavy atom. The number of primary amides is 1. The maximum Gasteiger partial charge on any atom is 0.416 e. The minimum atomic E-state index is -4.71. The third-order valence-corrected chi connectivity index (χ3v) is 4.48. The number of carbonyl (C=O) groups is 3. The molecule has 0 saturated carbocycles. The van der Waals surface area contributed by atoms with Crippen LogP contribution >= 0.6 is 0 Å². The van der Waals surface area contributed by atoms with Crippen LogP contribution in [-0.2, 0) is 30.5 Å². The number of rotatable bonds is 7. The number of ether oxygens (including phenoxy) is 1. The van der Waals surface area contributed by atoms with E-state index in [1.807, 2.05) is 4.72 Å². The molecule has 9 nitrogen and oxygen atoms in total. The average molecular weight is 411 g/mol. The van der Waals surface area contributed by atoms with Crippen LogP contribution in [0.4, 0.5) is 18.0 Å². The Balaban J connectivity index is 2.61. The van der Waals surface area contributed by atoms with E-state index in [1.165, 1.54) is 0 Å². The second kappa shape index (κ2) is 8.81. The van der Waals surface area contributed by atoms with Gasteiger partial charge in [0.05, 0.1) is 16.9 Å². The summed E-state index contributed by atoms with van der Waals surface area (Å²) in [4.78, 5) is 32.8. The van der Waals surface area contributed by atoms with Gasteiger partial charge in [0.25, 0.3) is 5.91 Å². The van der Waals surface area contributed by atoms with Crippen LogP contribution in [0.5, 0.6) is 0 Å². The van der Waals surface area contributed by atoms with Gasteiger partial charge in [-0.2, -0.15) is 13.2 Å². The van der Waals surface area contributed by atoms with Gasteiger partial charge in [-0.15, -0.1) is 0 Å². The smallest absolute Gasteiger partial charge is 0.416 e. The van der Waals surface area contributed by atoms with Gasteiger partial charge in [0.15, 0.2) is 6.10 Å². The van der Waals surface area contributed by atoms with E-state index >= 15 is 0 Å². The molecule has 27 heavy (non-hydrogen) atoms. The van der Waals surface area contributed by atoms with Crippen molar-refractivity contribution >= 4 is 27.9 Å². The van der Waals surface area contributed by atoms with E-state index in [1.54, 1.807) is 5.32 Å². The molecular formula is C14H16F3N3O6S. The van der Waals surface area contributed by atoms with E-state index in [4.69, 9.17) is 5.73 Å². The van der Waals surface area contributed by atoms with Crippen LogP contribution in [0, 0.1) is 0 Å². The summed E-state index contributed by atoms with van der Waals surface area (Å²) < 4.78 is 68.5. The van der Waals surface area contributed by atoms with Crippen molar-refractivity contribution in [2.45, 2.75) is 30.5 Å². The first-order valence-corrected chi connectivity index (χ1v) is 8.78. The lowest BCUT2D eigenvalue weighted by atomic mass is 10.2. The number of alkyl halides is 3. The van der Waals surface area contributed by atoms with Gasteiger partial charge in [0.2, 0.25) is 10.0 Å². The van der Waals surface area contributed by atoms with Crippen LogP contribution < -0.4 is 15.8 Å². The molecule has 13 heteroatoms. The van der Waals surface area contributed by atoms with Crippen molar-refractivity contribution in [2.24, 2.45) is 5.73 Å². The number of benzene rings is 1. The lowest BCUT2D eigenvalue weighted by molar-refractivity contribution is -0.154. The van der Waals surface area contributed by atoms with E-state index < -0.39 is 63.6 Å². The maximum atomic E-state index is 12.6. The maximum absolute atomic E-state index is 12.6. The van der Waals surface area contributed by atoms with Gasteiger partial charge in [0.1, 0.15) is 0 Å². The number of urea groups is 1. The zero-order valence-electron chi connectivity index (χ0n) is 13.9. The number of nitrogens with one attached hydrogen (secondary N) is 2. The summed E-state index contributed by atoms with van der Waals surface area (Å²) in [5.41, 5.74) is 3.58. The Hall–Kier alpha value is -2.67. The van der Waals surface area contributed by atoms with Crippen LogP contribution in [0.2, 0.25) is 0 Å². The average Bonchev–Trinajstić information content (AvgIpc) is 2.53. The summed E-state index contributed by atoms with van der Waals surface area (Å²) in [5, 5.41) is 1.69. The summed E-state index contributed by atoms with van der Waals surface area (Å²) in [6.45, 7) is 0.671. The SMILES string of the molecule is CC(OC(=O)CCNS(=O)(=O)c1cccc(C(F)(F)F)c1)C(=O)NC(N)=O. The highest BCUT2D eigenvalue weighted by Crippen LogP contribution is 2.30. The van der Waals surface area contributed by atoms with Crippen molar-refractivity contribution in [1.29, 1.82) is 0 Å². The molecule has 0 aliphatic heterocycles. The van der Waals surface area contributed by atoms with Crippen molar-refractivity contribution in [3.63, 3.8) is 0 Å². The minimum Gasteiger partial charge on any atom is -0.452 e. The molecule has 3 amide bonds. The first-order valence-electron chi connectivity index (χ1n) is 7.29. The van der Waals surface area contributed by atoms with Gasteiger partial charge < -0.3 is 10.5 Å². The molecule has 4 N–H and O–H groups in total. The molecule has 1 aromatic carbocycles. The largest absolute Gasteiger partial charge is 0.452 e. The van der Waals surface area contributed by atoms with E-state index in [2.05, 4.69) is 4.74 Å². The molecule has 1 aromatic rings. The van der Waals surface area contributed by atoms with Gasteiger partial charge in [0, 0.05) is 6.54 Å². The normalized spacial score (nSPS) is 12.9. The Kier molecular flexibility index (Phi) is 7.30. The first kappa shape index (κ1) is 22.4. The third kappa shape index (κ3) is 7.22. The van der Waals surface area contributed by atoms with E-state index in [-0.39, 0.29) is 0 Å². The topological polar surface area (TPSA) is 145 Å². The van der Waals surface area contributed by atoms with Gasteiger partial charge in [-0.3, -0.25) is 14.9 Å². The summed E-state index contributed by atoms with van der Waals surface area (Å²) in [6.07, 6.45) is -6.58. The standard InChI is InChI=1S/C14H16F3N3O6S/c1-8(12(22)20-13(18)23)26-11(21)5-6-19-27(24,25)10-4-2-3-9(7-10)14(15,16)17/h2-4,7-8,19H,5-6H2,1H3,(H3,18,20,22,23). The molecule has 150 valence electrons. The van der Waals surface area contributed by atoms with E-state index in [0.29, 0.717) is 6.07 Å². The molecule has 0 aliphatic carbocycles. The number of halogens is 3. The van der Waals surface area contributed by atoms with Crippen molar-refractivity contribution in [1.82, 2.24) is 10.0 Å². The summed E-state index contributed by atoms with van der Waals surface area (Å²) >= 11 is 0. The quantitative estimate of drug-likeness (QED) is 0.557. The number of sulfonamides is 1. The second-order valence-electron chi connectivity index (χ2n) is 5.16. The van der Waals surface area contributed by atoms with Crippen LogP contribution in [0.3, 0.4) is 0 Å².